The molecule has 0 aromatic rings. The summed E-state index contributed by atoms with van der Waals surface area (Å²) in [6.07, 6.45) is 4.07. The van der Waals surface area contributed by atoms with Crippen LogP contribution in [-0.2, 0) is 9.47 Å². The third kappa shape index (κ3) is 5.03. The third-order valence-electron chi connectivity index (χ3n) is 1.80. The van der Waals surface area contributed by atoms with E-state index in [1.807, 2.05) is 32.9 Å². The molecule has 1 atom stereocenters. The summed E-state index contributed by atoms with van der Waals surface area (Å²) < 4.78 is 10.7. The Hall–Kier alpha value is -0.820. The van der Waals surface area contributed by atoms with Gasteiger partial charge in [-0.3, -0.25) is 0 Å². The Morgan fingerprint density at radius 3 is 2.86 bits per heavy atom. The van der Waals surface area contributed by atoms with Gasteiger partial charge in [-0.15, -0.1) is 5.73 Å². The fourth-order valence-electron chi connectivity index (χ4n) is 0.898. The molecule has 0 aromatic heterocycles. The van der Waals surface area contributed by atoms with Gasteiger partial charge in [-0.25, -0.2) is 0 Å². The Kier molecular flexibility index (Phi) is 3.70. The molecule has 0 saturated carbocycles. The Morgan fingerprint density at radius 1 is 1.71 bits per heavy atom. The van der Waals surface area contributed by atoms with Crippen LogP contribution in [0.4, 0.5) is 0 Å². The number of hydrogen-bond acceptors (Lipinski definition) is 2. The molecule has 1 aliphatic rings. The molecule has 0 radical (unpaired) electrons. The summed E-state index contributed by atoms with van der Waals surface area (Å²) >= 11 is 0. The topological polar surface area (TPSA) is 21.8 Å². The van der Waals surface area contributed by atoms with E-state index in [1.54, 1.807) is 0 Å². The molecule has 78 valence electrons. The number of rotatable bonds is 5. The minimum absolute atomic E-state index is 0.280. The second-order valence-electron chi connectivity index (χ2n) is 4.17. The normalized spacial score (nSPS) is 19.8. The fourth-order valence-corrected chi connectivity index (χ4v) is 0.898. The smallest absolute Gasteiger partial charge is 0.104 e. The van der Waals surface area contributed by atoms with Gasteiger partial charge in [0.1, 0.15) is 6.10 Å². The maximum Gasteiger partial charge on any atom is 0.104 e. The fraction of sp³-hybridized carbons (Fsp3) is 0.583. The first kappa shape index (κ1) is 11.3. The van der Waals surface area contributed by atoms with Crippen LogP contribution >= 0.6 is 0 Å². The summed E-state index contributed by atoms with van der Waals surface area (Å²) in [7, 11) is 0. The Bertz CT molecular complexity index is 266. The summed E-state index contributed by atoms with van der Waals surface area (Å²) in [5.41, 5.74) is 3.76. The van der Waals surface area contributed by atoms with Crippen molar-refractivity contribution in [2.45, 2.75) is 32.5 Å². The van der Waals surface area contributed by atoms with Gasteiger partial charge < -0.3 is 9.47 Å². The number of epoxide rings is 1. The van der Waals surface area contributed by atoms with Crippen molar-refractivity contribution in [3.8, 4) is 0 Å². The lowest BCUT2D eigenvalue weighted by Gasteiger charge is -2.19. The number of hydrogen-bond donors (Lipinski definition) is 0. The molecule has 0 N–H and O–H groups in total. The molecule has 0 unspecified atom stereocenters. The maximum absolute atomic E-state index is 5.64. The Morgan fingerprint density at radius 2 is 2.36 bits per heavy atom. The van der Waals surface area contributed by atoms with Crippen LogP contribution in [0.25, 0.3) is 0 Å². The van der Waals surface area contributed by atoms with Crippen molar-refractivity contribution < 1.29 is 9.47 Å². The van der Waals surface area contributed by atoms with E-state index in [4.69, 9.17) is 9.47 Å². The number of ether oxygens (including phenoxy) is 2. The molecule has 2 heteroatoms. The Balaban J connectivity index is 2.37. The van der Waals surface area contributed by atoms with E-state index in [-0.39, 0.29) is 5.60 Å². The van der Waals surface area contributed by atoms with E-state index in [0.29, 0.717) is 12.7 Å². The van der Waals surface area contributed by atoms with Crippen LogP contribution in [-0.4, -0.2) is 24.9 Å². The standard InChI is InChI=1S/C12H18O2/c1-10(2)6-5-7-12(3,4)14-9-11-8-13-11/h6-7,11H,1,8-9H2,2-4H3/t5?,11-/m1/s1. The van der Waals surface area contributed by atoms with E-state index < -0.39 is 0 Å². The molecule has 0 aromatic carbocycles. The van der Waals surface area contributed by atoms with Crippen molar-refractivity contribution in [2.75, 3.05) is 13.2 Å². The first-order chi connectivity index (χ1) is 6.49. The molecule has 0 bridgehead atoms. The van der Waals surface area contributed by atoms with E-state index in [0.717, 1.165) is 12.2 Å². The maximum atomic E-state index is 5.64. The molecule has 0 spiro atoms. The van der Waals surface area contributed by atoms with Gasteiger partial charge in [0.05, 0.1) is 18.8 Å². The summed E-state index contributed by atoms with van der Waals surface area (Å²) in [5, 5.41) is 0. The van der Waals surface area contributed by atoms with Crippen LogP contribution in [0.2, 0.25) is 0 Å². The van der Waals surface area contributed by atoms with Crippen LogP contribution in [0, 0.1) is 0 Å². The van der Waals surface area contributed by atoms with Crippen molar-refractivity contribution in [2.24, 2.45) is 0 Å². The van der Waals surface area contributed by atoms with Crippen LogP contribution in [0.5, 0.6) is 0 Å². The first-order valence-electron chi connectivity index (χ1n) is 4.84. The highest BCUT2D eigenvalue weighted by atomic mass is 16.6. The van der Waals surface area contributed by atoms with Gasteiger partial charge in [-0.2, -0.15) is 0 Å². The minimum atomic E-state index is -0.280. The predicted octanol–water partition coefficient (Wildman–Crippen LogP) is 2.47. The monoisotopic (exact) mass is 194 g/mol. The van der Waals surface area contributed by atoms with E-state index in [1.165, 1.54) is 0 Å². The highest BCUT2D eigenvalue weighted by Crippen LogP contribution is 2.16. The predicted molar refractivity (Wildman–Crippen MR) is 57.2 cm³/mol. The number of allylic oxidation sites excluding steroid dienone is 1. The van der Waals surface area contributed by atoms with Gasteiger partial charge in [-0.1, -0.05) is 12.2 Å². The van der Waals surface area contributed by atoms with Crippen molar-refractivity contribution in [1.29, 1.82) is 0 Å². The summed E-state index contributed by atoms with van der Waals surface area (Å²) in [6, 6.07) is 0. The molecular weight excluding hydrogens is 176 g/mol. The molecule has 1 saturated heterocycles. The van der Waals surface area contributed by atoms with Crippen molar-refractivity contribution in [3.05, 3.63) is 30.0 Å². The second kappa shape index (κ2) is 4.61. The molecule has 0 aliphatic carbocycles. The molecule has 1 fully saturated rings. The lowest BCUT2D eigenvalue weighted by Crippen LogP contribution is -2.23. The van der Waals surface area contributed by atoms with Crippen LogP contribution in [0.15, 0.2) is 30.0 Å². The van der Waals surface area contributed by atoms with Crippen LogP contribution < -0.4 is 0 Å². The quantitative estimate of drug-likeness (QED) is 0.381. The summed E-state index contributed by atoms with van der Waals surface area (Å²) in [5.74, 6) is 0. The highest BCUT2D eigenvalue weighted by molar-refractivity contribution is 5.12. The van der Waals surface area contributed by atoms with E-state index in [9.17, 15) is 0 Å². The van der Waals surface area contributed by atoms with Gasteiger partial charge >= 0.3 is 0 Å². The van der Waals surface area contributed by atoms with Crippen LogP contribution in [0.1, 0.15) is 20.8 Å². The first-order valence-corrected chi connectivity index (χ1v) is 4.84. The van der Waals surface area contributed by atoms with Gasteiger partial charge in [-0.05, 0) is 32.9 Å². The molecule has 14 heavy (non-hydrogen) atoms. The lowest BCUT2D eigenvalue weighted by atomic mass is 10.1. The van der Waals surface area contributed by atoms with Gasteiger partial charge in [0.25, 0.3) is 0 Å². The third-order valence-corrected chi connectivity index (χ3v) is 1.80. The van der Waals surface area contributed by atoms with E-state index >= 15 is 0 Å². The van der Waals surface area contributed by atoms with Crippen molar-refractivity contribution in [1.82, 2.24) is 0 Å². The zero-order valence-electron chi connectivity index (χ0n) is 9.17. The molecule has 0 amide bonds. The second-order valence-corrected chi connectivity index (χ2v) is 4.17. The zero-order chi connectivity index (χ0) is 10.6. The SMILES string of the molecule is C=C(C)C=C=CC(C)(C)OC[C@H]1CO1. The summed E-state index contributed by atoms with van der Waals surface area (Å²) in [6.45, 7) is 11.2. The van der Waals surface area contributed by atoms with Crippen molar-refractivity contribution >= 4 is 0 Å². The van der Waals surface area contributed by atoms with Gasteiger partial charge in [0.15, 0.2) is 0 Å². The molecule has 1 heterocycles. The lowest BCUT2D eigenvalue weighted by molar-refractivity contribution is 0.0110. The molecule has 1 aliphatic heterocycles. The Labute approximate surface area is 85.9 Å². The average molecular weight is 194 g/mol. The van der Waals surface area contributed by atoms with Crippen LogP contribution in [0.3, 0.4) is 0 Å². The van der Waals surface area contributed by atoms with E-state index in [2.05, 4.69) is 12.3 Å². The van der Waals surface area contributed by atoms with Gasteiger partial charge in [0, 0.05) is 0 Å². The molecule has 1 rings (SSSR count). The minimum Gasteiger partial charge on any atom is -0.371 e. The molecular formula is C12H18O2. The zero-order valence-corrected chi connectivity index (χ0v) is 9.17. The average Bonchev–Trinajstić information content (AvgIpc) is 2.82. The largest absolute Gasteiger partial charge is 0.371 e. The highest BCUT2D eigenvalue weighted by Gasteiger charge is 2.25. The summed E-state index contributed by atoms with van der Waals surface area (Å²) in [4.78, 5) is 0. The van der Waals surface area contributed by atoms with Crippen molar-refractivity contribution in [3.63, 3.8) is 0 Å². The van der Waals surface area contributed by atoms with Gasteiger partial charge in [0.2, 0.25) is 0 Å². The molecule has 2 nitrogen and oxygen atoms in total.